The van der Waals surface area contributed by atoms with E-state index < -0.39 is 9.84 Å². The number of anilines is 3. The number of fused-ring (bicyclic) bond motifs is 1. The third kappa shape index (κ3) is 4.46. The fraction of sp³-hybridized carbons (Fsp3) is 0.263. The fourth-order valence-electron chi connectivity index (χ4n) is 3.05. The van der Waals surface area contributed by atoms with Gasteiger partial charge >= 0.3 is 0 Å². The molecule has 1 atom stereocenters. The number of carbonyl (C=O) groups excluding carboxylic acids is 2. The molecule has 1 heterocycles. The molecule has 0 radical (unpaired) electrons. The Bertz CT molecular complexity index is 988. The summed E-state index contributed by atoms with van der Waals surface area (Å²) < 4.78 is 23.4. The number of amides is 2. The van der Waals surface area contributed by atoms with Crippen LogP contribution >= 0.6 is 0 Å². The van der Waals surface area contributed by atoms with Gasteiger partial charge in [0.1, 0.15) is 0 Å². The highest BCUT2D eigenvalue weighted by Crippen LogP contribution is 2.31. The molecular formula is C19H21N3O4S. The lowest BCUT2D eigenvalue weighted by atomic mass is 10.1. The second-order valence-corrected chi connectivity index (χ2v) is 8.61. The smallest absolute Gasteiger partial charge is 0.243 e. The molecule has 1 aliphatic rings. The van der Waals surface area contributed by atoms with E-state index in [1.807, 2.05) is 30.0 Å². The van der Waals surface area contributed by atoms with Crippen LogP contribution in [0.4, 0.5) is 17.1 Å². The summed E-state index contributed by atoms with van der Waals surface area (Å²) in [6.07, 6.45) is 1.39. The van der Waals surface area contributed by atoms with E-state index in [4.69, 9.17) is 0 Å². The molecule has 0 saturated heterocycles. The molecule has 0 saturated carbocycles. The zero-order valence-corrected chi connectivity index (χ0v) is 15.9. The average Bonchev–Trinajstić information content (AvgIpc) is 2.70. The molecule has 8 heteroatoms. The van der Waals surface area contributed by atoms with Crippen LogP contribution in [0.15, 0.2) is 53.4 Å². The Morgan fingerprint density at radius 3 is 2.70 bits per heavy atom. The number of benzene rings is 2. The average molecular weight is 387 g/mol. The van der Waals surface area contributed by atoms with Crippen LogP contribution in [0.25, 0.3) is 0 Å². The quantitative estimate of drug-likeness (QED) is 0.839. The van der Waals surface area contributed by atoms with Crippen LogP contribution in [-0.4, -0.2) is 39.1 Å². The van der Waals surface area contributed by atoms with Crippen molar-refractivity contribution in [3.8, 4) is 0 Å². The maximum atomic E-state index is 12.6. The first-order chi connectivity index (χ1) is 12.7. The highest BCUT2D eigenvalue weighted by molar-refractivity contribution is 7.90. The van der Waals surface area contributed by atoms with Crippen LogP contribution in [0.2, 0.25) is 0 Å². The van der Waals surface area contributed by atoms with Gasteiger partial charge in [-0.15, -0.1) is 0 Å². The molecular weight excluding hydrogens is 366 g/mol. The largest absolute Gasteiger partial charge is 0.357 e. The zero-order chi connectivity index (χ0) is 19.6. The predicted octanol–water partition coefficient (Wildman–Crippen LogP) is 2.27. The molecule has 2 N–H and O–H groups in total. The maximum Gasteiger partial charge on any atom is 0.243 e. The van der Waals surface area contributed by atoms with Gasteiger partial charge in [-0.3, -0.25) is 9.59 Å². The molecule has 1 aliphatic heterocycles. The summed E-state index contributed by atoms with van der Waals surface area (Å²) >= 11 is 0. The number of nitrogens with zero attached hydrogens (tertiary/aromatic N) is 1. The molecule has 142 valence electrons. The topological polar surface area (TPSA) is 95.6 Å². The Morgan fingerprint density at radius 2 is 1.96 bits per heavy atom. The van der Waals surface area contributed by atoms with Crippen LogP contribution in [0, 0.1) is 0 Å². The van der Waals surface area contributed by atoms with E-state index in [1.54, 1.807) is 18.2 Å². The van der Waals surface area contributed by atoms with Gasteiger partial charge in [-0.05, 0) is 37.3 Å². The van der Waals surface area contributed by atoms with Gasteiger partial charge in [-0.2, -0.15) is 0 Å². The third-order valence-electron chi connectivity index (χ3n) is 4.36. The minimum Gasteiger partial charge on any atom is -0.357 e. The Hall–Kier alpha value is -2.87. The van der Waals surface area contributed by atoms with Crippen molar-refractivity contribution in [2.24, 2.45) is 0 Å². The normalized spacial score (nSPS) is 16.9. The Kier molecular flexibility index (Phi) is 5.18. The van der Waals surface area contributed by atoms with Crippen LogP contribution in [0.3, 0.4) is 0 Å². The molecule has 0 fully saturated rings. The summed E-state index contributed by atoms with van der Waals surface area (Å²) in [5.41, 5.74) is 1.85. The summed E-state index contributed by atoms with van der Waals surface area (Å²) in [7, 11) is -3.36. The van der Waals surface area contributed by atoms with Crippen LogP contribution < -0.4 is 15.5 Å². The van der Waals surface area contributed by atoms with Crippen molar-refractivity contribution in [2.75, 3.05) is 28.3 Å². The lowest BCUT2D eigenvalue weighted by Crippen LogP contribution is -2.39. The van der Waals surface area contributed by atoms with Crippen LogP contribution in [0.5, 0.6) is 0 Å². The second-order valence-electron chi connectivity index (χ2n) is 6.59. The van der Waals surface area contributed by atoms with E-state index in [0.717, 1.165) is 11.9 Å². The molecule has 3 rings (SSSR count). The number of sulfone groups is 1. The van der Waals surface area contributed by atoms with Crippen molar-refractivity contribution in [1.29, 1.82) is 0 Å². The molecule has 0 unspecified atom stereocenters. The Labute approximate surface area is 158 Å². The van der Waals surface area contributed by atoms with Gasteiger partial charge in [-0.25, -0.2) is 8.42 Å². The van der Waals surface area contributed by atoms with Gasteiger partial charge in [-0.1, -0.05) is 18.2 Å². The lowest BCUT2D eigenvalue weighted by Gasteiger charge is -2.29. The first-order valence-electron chi connectivity index (χ1n) is 8.49. The van der Waals surface area contributed by atoms with Gasteiger partial charge in [0, 0.05) is 24.4 Å². The van der Waals surface area contributed by atoms with Crippen LogP contribution in [-0.2, 0) is 19.4 Å². The van der Waals surface area contributed by atoms with Gasteiger partial charge in [0.2, 0.25) is 11.8 Å². The monoisotopic (exact) mass is 387 g/mol. The Balaban J connectivity index is 1.80. The summed E-state index contributed by atoms with van der Waals surface area (Å²) in [6, 6.07) is 13.3. The number of hydrogen-bond donors (Lipinski definition) is 2. The molecule has 0 bridgehead atoms. The predicted molar refractivity (Wildman–Crippen MR) is 105 cm³/mol. The van der Waals surface area contributed by atoms with Gasteiger partial charge in [0.05, 0.1) is 22.8 Å². The standard InChI is InChI=1S/C19H21N3O4S/c1-13-10-18(23)21-16-8-3-4-9-17(16)22(13)12-19(24)20-14-6-5-7-15(11-14)27(2,25)26/h3-9,11,13H,10,12H2,1-2H3,(H,20,24)(H,21,23)/t13-/m1/s1. The fourth-order valence-corrected chi connectivity index (χ4v) is 3.71. The van der Waals surface area contributed by atoms with E-state index in [9.17, 15) is 18.0 Å². The number of nitrogens with one attached hydrogen (secondary N) is 2. The lowest BCUT2D eigenvalue weighted by molar-refractivity contribution is -0.117. The summed E-state index contributed by atoms with van der Waals surface area (Å²) in [4.78, 5) is 26.6. The summed E-state index contributed by atoms with van der Waals surface area (Å²) in [5.74, 6) is -0.393. The molecule has 27 heavy (non-hydrogen) atoms. The van der Waals surface area contributed by atoms with Gasteiger partial charge in [0.15, 0.2) is 9.84 Å². The third-order valence-corrected chi connectivity index (χ3v) is 5.47. The van der Waals surface area contributed by atoms with Crippen molar-refractivity contribution < 1.29 is 18.0 Å². The molecule has 0 aromatic heterocycles. The van der Waals surface area contributed by atoms with Crippen molar-refractivity contribution in [2.45, 2.75) is 24.3 Å². The number of hydrogen-bond acceptors (Lipinski definition) is 5. The first kappa shape index (κ1) is 18.9. The molecule has 0 spiro atoms. The van der Waals surface area contributed by atoms with Crippen molar-refractivity contribution in [3.05, 3.63) is 48.5 Å². The van der Waals surface area contributed by atoms with Crippen LogP contribution in [0.1, 0.15) is 13.3 Å². The number of carbonyl (C=O) groups is 2. The van der Waals surface area contributed by atoms with Crippen molar-refractivity contribution >= 4 is 38.7 Å². The summed E-state index contributed by atoms with van der Waals surface area (Å²) in [5, 5.41) is 5.59. The SMILES string of the molecule is C[C@@H]1CC(=O)Nc2ccccc2N1CC(=O)Nc1cccc(S(C)(=O)=O)c1. The van der Waals surface area contributed by atoms with Crippen molar-refractivity contribution in [1.82, 2.24) is 0 Å². The second kappa shape index (κ2) is 7.40. The molecule has 2 aromatic rings. The molecule has 2 amide bonds. The van der Waals surface area contributed by atoms with E-state index in [1.165, 1.54) is 12.1 Å². The molecule has 2 aromatic carbocycles. The van der Waals surface area contributed by atoms with Gasteiger partial charge < -0.3 is 15.5 Å². The van der Waals surface area contributed by atoms with Crippen molar-refractivity contribution in [3.63, 3.8) is 0 Å². The van der Waals surface area contributed by atoms with Gasteiger partial charge in [0.25, 0.3) is 0 Å². The number of rotatable bonds is 4. The zero-order valence-electron chi connectivity index (χ0n) is 15.1. The minimum atomic E-state index is -3.36. The minimum absolute atomic E-state index is 0.0379. The Morgan fingerprint density at radius 1 is 1.22 bits per heavy atom. The van der Waals surface area contributed by atoms with E-state index in [2.05, 4.69) is 10.6 Å². The molecule has 0 aliphatic carbocycles. The highest BCUT2D eigenvalue weighted by Gasteiger charge is 2.26. The maximum absolute atomic E-state index is 12.6. The summed E-state index contributed by atoms with van der Waals surface area (Å²) in [6.45, 7) is 1.93. The van der Waals surface area contributed by atoms with E-state index in [-0.39, 0.29) is 35.7 Å². The van der Waals surface area contributed by atoms with E-state index in [0.29, 0.717) is 11.4 Å². The molecule has 7 nitrogen and oxygen atoms in total. The highest BCUT2D eigenvalue weighted by atomic mass is 32.2. The van der Waals surface area contributed by atoms with E-state index >= 15 is 0 Å². The number of para-hydroxylation sites is 2. The first-order valence-corrected chi connectivity index (χ1v) is 10.4.